The molecule has 10 heteroatoms. The van der Waals surface area contributed by atoms with Gasteiger partial charge in [0.15, 0.2) is 5.65 Å². The number of imidazole rings is 1. The number of hydrogen-bond acceptors (Lipinski definition) is 8. The van der Waals surface area contributed by atoms with E-state index < -0.39 is 0 Å². The van der Waals surface area contributed by atoms with Crippen molar-refractivity contribution in [2.75, 3.05) is 10.6 Å². The number of fused-ring (bicyclic) bond motifs is 1. The third kappa shape index (κ3) is 3.72. The van der Waals surface area contributed by atoms with E-state index in [0.29, 0.717) is 29.4 Å². The molecule has 2 N–H and O–H groups in total. The largest absolute Gasteiger partial charge is 0.367 e. The third-order valence-electron chi connectivity index (χ3n) is 5.62. The number of pyridine rings is 2. The summed E-state index contributed by atoms with van der Waals surface area (Å²) >= 11 is 0. The van der Waals surface area contributed by atoms with Crippen molar-refractivity contribution in [2.45, 2.75) is 38.3 Å². The summed E-state index contributed by atoms with van der Waals surface area (Å²) in [6.07, 6.45) is 8.07. The molecule has 2 atom stereocenters. The molecule has 0 bridgehead atoms. The average Bonchev–Trinajstić information content (AvgIpc) is 3.33. The van der Waals surface area contributed by atoms with Crippen molar-refractivity contribution < 1.29 is 0 Å². The van der Waals surface area contributed by atoms with Crippen LogP contribution in [0.4, 0.5) is 11.8 Å². The maximum Gasteiger partial charge on any atom is 0.334 e. The van der Waals surface area contributed by atoms with Crippen molar-refractivity contribution in [2.24, 2.45) is 7.05 Å². The van der Waals surface area contributed by atoms with Crippen molar-refractivity contribution in [3.05, 3.63) is 59.0 Å². The van der Waals surface area contributed by atoms with E-state index >= 15 is 0 Å². The third-order valence-corrected chi connectivity index (χ3v) is 5.62. The van der Waals surface area contributed by atoms with Gasteiger partial charge in [-0.05, 0) is 50.5 Å². The zero-order valence-corrected chi connectivity index (χ0v) is 17.4. The van der Waals surface area contributed by atoms with E-state index in [1.807, 2.05) is 31.2 Å². The summed E-state index contributed by atoms with van der Waals surface area (Å²) in [6.45, 7) is 1.87. The van der Waals surface area contributed by atoms with Crippen molar-refractivity contribution in [3.63, 3.8) is 0 Å². The van der Waals surface area contributed by atoms with Crippen LogP contribution in [0.1, 0.15) is 25.0 Å². The molecule has 0 aliphatic heterocycles. The maximum atomic E-state index is 12.7. The molecule has 5 rings (SSSR count). The molecular formula is C21H23N9O. The monoisotopic (exact) mass is 417 g/mol. The fraction of sp³-hybridized carbons (Fsp3) is 0.333. The number of aromatic nitrogens is 7. The Labute approximate surface area is 178 Å². The highest BCUT2D eigenvalue weighted by Gasteiger charge is 2.25. The Kier molecular flexibility index (Phi) is 4.81. The number of aryl methyl sites for hydroxylation is 2. The number of hydrogen-bond donors (Lipinski definition) is 2. The predicted molar refractivity (Wildman–Crippen MR) is 117 cm³/mol. The number of nitrogens with zero attached hydrogens (tertiary/aromatic N) is 7. The van der Waals surface area contributed by atoms with Crippen LogP contribution < -0.4 is 16.3 Å². The van der Waals surface area contributed by atoms with Gasteiger partial charge < -0.3 is 10.6 Å². The van der Waals surface area contributed by atoms with Gasteiger partial charge >= 0.3 is 5.69 Å². The molecule has 158 valence electrons. The van der Waals surface area contributed by atoms with E-state index in [-0.39, 0.29) is 5.69 Å². The van der Waals surface area contributed by atoms with Gasteiger partial charge in [-0.2, -0.15) is 5.10 Å². The second-order valence-electron chi connectivity index (χ2n) is 7.84. The molecule has 1 saturated carbocycles. The zero-order chi connectivity index (χ0) is 21.4. The first-order valence-corrected chi connectivity index (χ1v) is 10.3. The van der Waals surface area contributed by atoms with Crippen LogP contribution in [0.3, 0.4) is 0 Å². The van der Waals surface area contributed by atoms with Crippen LogP contribution in [0.5, 0.6) is 0 Å². The summed E-state index contributed by atoms with van der Waals surface area (Å²) in [4.78, 5) is 25.8. The normalized spacial score (nSPS) is 18.4. The van der Waals surface area contributed by atoms with E-state index in [0.717, 1.165) is 36.3 Å². The summed E-state index contributed by atoms with van der Waals surface area (Å²) in [6, 6.07) is 8.09. The molecule has 10 nitrogen and oxygen atoms in total. The van der Waals surface area contributed by atoms with E-state index in [1.54, 1.807) is 34.8 Å². The van der Waals surface area contributed by atoms with Gasteiger partial charge in [0.1, 0.15) is 5.82 Å². The van der Waals surface area contributed by atoms with Gasteiger partial charge in [-0.25, -0.2) is 24.3 Å². The second-order valence-corrected chi connectivity index (χ2v) is 7.84. The minimum absolute atomic E-state index is 0.145. The SMILES string of the molecule is Cc1cnc(N[C@H]2CC[C@H](Nc3ccc(-n4c(=O)n(C)c5cccnc54)cn3)C2)nn1. The molecule has 31 heavy (non-hydrogen) atoms. The van der Waals surface area contributed by atoms with E-state index in [2.05, 4.69) is 35.8 Å². The molecule has 0 unspecified atom stereocenters. The van der Waals surface area contributed by atoms with Gasteiger partial charge in [0.2, 0.25) is 5.95 Å². The molecule has 1 fully saturated rings. The predicted octanol–water partition coefficient (Wildman–Crippen LogP) is 2.06. The van der Waals surface area contributed by atoms with E-state index in [1.165, 1.54) is 0 Å². The van der Waals surface area contributed by atoms with Crippen molar-refractivity contribution in [1.29, 1.82) is 0 Å². The highest BCUT2D eigenvalue weighted by atomic mass is 16.1. The average molecular weight is 417 g/mol. The van der Waals surface area contributed by atoms with Crippen LogP contribution in [0.25, 0.3) is 16.9 Å². The molecular weight excluding hydrogens is 394 g/mol. The first-order chi connectivity index (χ1) is 15.1. The van der Waals surface area contributed by atoms with Crippen LogP contribution in [0.15, 0.2) is 47.7 Å². The lowest BCUT2D eigenvalue weighted by molar-refractivity contribution is 0.712. The summed E-state index contributed by atoms with van der Waals surface area (Å²) in [5.74, 6) is 1.34. The van der Waals surface area contributed by atoms with E-state index in [9.17, 15) is 4.79 Å². The minimum atomic E-state index is -0.145. The van der Waals surface area contributed by atoms with Gasteiger partial charge in [0.05, 0.1) is 29.3 Å². The van der Waals surface area contributed by atoms with Crippen molar-refractivity contribution in [3.8, 4) is 5.69 Å². The highest BCUT2D eigenvalue weighted by molar-refractivity contribution is 5.73. The smallest absolute Gasteiger partial charge is 0.334 e. The Hall–Kier alpha value is -3.82. The summed E-state index contributed by atoms with van der Waals surface area (Å²) < 4.78 is 3.17. The van der Waals surface area contributed by atoms with Crippen molar-refractivity contribution >= 4 is 22.9 Å². The Morgan fingerprint density at radius 3 is 2.58 bits per heavy atom. The lowest BCUT2D eigenvalue weighted by Crippen LogP contribution is -2.22. The molecule has 0 saturated heterocycles. The molecule has 1 aliphatic carbocycles. The number of nitrogens with one attached hydrogen (secondary N) is 2. The molecule has 0 amide bonds. The Bertz CT molecular complexity index is 1260. The van der Waals surface area contributed by atoms with Gasteiger partial charge in [0, 0.05) is 25.3 Å². The standard InChI is InChI=1S/C21H23N9O/c1-13-11-24-20(28-27-13)26-15-6-5-14(10-15)25-18-8-7-16(12-23-18)30-19-17(4-3-9-22-19)29(2)21(30)31/h3-4,7-9,11-12,14-15H,5-6,10H2,1-2H3,(H,23,25)(H,24,26,28)/t14-,15-/m0/s1. The molecule has 0 radical (unpaired) electrons. The van der Waals surface area contributed by atoms with Gasteiger partial charge in [0.25, 0.3) is 0 Å². The fourth-order valence-electron chi connectivity index (χ4n) is 4.04. The van der Waals surface area contributed by atoms with Crippen LogP contribution >= 0.6 is 0 Å². The maximum absolute atomic E-state index is 12.7. The number of anilines is 2. The Morgan fingerprint density at radius 1 is 1.00 bits per heavy atom. The molecule has 4 heterocycles. The zero-order valence-electron chi connectivity index (χ0n) is 17.4. The lowest BCUT2D eigenvalue weighted by atomic mass is 10.2. The minimum Gasteiger partial charge on any atom is -0.367 e. The topological polar surface area (TPSA) is 115 Å². The molecule has 4 aromatic rings. The van der Waals surface area contributed by atoms with Crippen LogP contribution in [0, 0.1) is 6.92 Å². The summed E-state index contributed by atoms with van der Waals surface area (Å²) in [7, 11) is 1.74. The Balaban J connectivity index is 1.27. The van der Waals surface area contributed by atoms with Gasteiger partial charge in [-0.1, -0.05) is 0 Å². The van der Waals surface area contributed by atoms with Crippen molar-refractivity contribution in [1.82, 2.24) is 34.3 Å². The first-order valence-electron chi connectivity index (χ1n) is 10.3. The molecule has 0 spiro atoms. The van der Waals surface area contributed by atoms with Gasteiger partial charge in [-0.3, -0.25) is 4.57 Å². The summed E-state index contributed by atoms with van der Waals surface area (Å²) in [5, 5.41) is 15.0. The molecule has 1 aliphatic rings. The van der Waals surface area contributed by atoms with Gasteiger partial charge in [-0.15, -0.1) is 5.10 Å². The summed E-state index contributed by atoms with van der Waals surface area (Å²) in [5.41, 5.74) is 2.75. The fourth-order valence-corrected chi connectivity index (χ4v) is 4.04. The van der Waals surface area contributed by atoms with Crippen LogP contribution in [-0.4, -0.2) is 46.4 Å². The van der Waals surface area contributed by atoms with Crippen LogP contribution in [-0.2, 0) is 7.05 Å². The lowest BCUT2D eigenvalue weighted by Gasteiger charge is -2.15. The molecule has 4 aromatic heterocycles. The second kappa shape index (κ2) is 7.78. The first kappa shape index (κ1) is 19.2. The quantitative estimate of drug-likeness (QED) is 0.507. The van der Waals surface area contributed by atoms with Crippen LogP contribution in [0.2, 0.25) is 0 Å². The molecule has 0 aromatic carbocycles. The van der Waals surface area contributed by atoms with E-state index in [4.69, 9.17) is 0 Å². The number of rotatable bonds is 5. The Morgan fingerprint density at radius 2 is 1.84 bits per heavy atom. The highest BCUT2D eigenvalue weighted by Crippen LogP contribution is 2.25.